The van der Waals surface area contributed by atoms with Gasteiger partial charge in [-0.05, 0) is 18.4 Å². The zero-order chi connectivity index (χ0) is 15.2. The molecule has 116 valence electrons. The number of ether oxygens (including phenoxy) is 1. The van der Waals surface area contributed by atoms with E-state index in [1.807, 2.05) is 18.2 Å². The Morgan fingerprint density at radius 1 is 1.27 bits per heavy atom. The van der Waals surface area contributed by atoms with Crippen LogP contribution in [0.15, 0.2) is 34.7 Å². The molecule has 1 fully saturated rings. The SMILES string of the molecule is O=C(Nc1nnc(SCc2ccccc2)s1)C1CCOCC1. The molecule has 0 bridgehead atoms. The number of thioether (sulfide) groups is 1. The quantitative estimate of drug-likeness (QED) is 0.671. The zero-order valence-corrected chi connectivity index (χ0v) is 13.7. The van der Waals surface area contributed by atoms with E-state index in [0.717, 1.165) is 22.9 Å². The number of hydrogen-bond acceptors (Lipinski definition) is 6. The highest BCUT2D eigenvalue weighted by atomic mass is 32.2. The van der Waals surface area contributed by atoms with Gasteiger partial charge in [-0.25, -0.2) is 0 Å². The normalized spacial score (nSPS) is 15.6. The molecule has 2 heterocycles. The van der Waals surface area contributed by atoms with Gasteiger partial charge in [-0.3, -0.25) is 4.79 Å². The van der Waals surface area contributed by atoms with Gasteiger partial charge in [0.05, 0.1) is 0 Å². The molecular weight excluding hydrogens is 318 g/mol. The first kappa shape index (κ1) is 15.5. The summed E-state index contributed by atoms with van der Waals surface area (Å²) in [6.07, 6.45) is 1.56. The predicted molar refractivity (Wildman–Crippen MR) is 88.1 cm³/mol. The molecule has 5 nitrogen and oxygen atoms in total. The lowest BCUT2D eigenvalue weighted by atomic mass is 10.00. The highest BCUT2D eigenvalue weighted by Gasteiger charge is 2.22. The third-order valence-electron chi connectivity index (χ3n) is 3.43. The van der Waals surface area contributed by atoms with E-state index in [9.17, 15) is 4.79 Å². The number of benzene rings is 1. The Morgan fingerprint density at radius 2 is 2.05 bits per heavy atom. The van der Waals surface area contributed by atoms with Crippen molar-refractivity contribution in [1.82, 2.24) is 10.2 Å². The summed E-state index contributed by atoms with van der Waals surface area (Å²) in [5.41, 5.74) is 1.25. The minimum Gasteiger partial charge on any atom is -0.381 e. The van der Waals surface area contributed by atoms with Crippen LogP contribution in [0.5, 0.6) is 0 Å². The fourth-order valence-corrected chi connectivity index (χ4v) is 3.92. The summed E-state index contributed by atoms with van der Waals surface area (Å²) in [4.78, 5) is 12.1. The molecule has 1 aliphatic heterocycles. The fraction of sp³-hybridized carbons (Fsp3) is 0.400. The van der Waals surface area contributed by atoms with Crippen LogP contribution < -0.4 is 5.32 Å². The number of nitrogens with one attached hydrogen (secondary N) is 1. The molecule has 0 unspecified atom stereocenters. The summed E-state index contributed by atoms with van der Waals surface area (Å²) in [7, 11) is 0. The van der Waals surface area contributed by atoms with Gasteiger partial charge in [-0.15, -0.1) is 10.2 Å². The summed E-state index contributed by atoms with van der Waals surface area (Å²) in [6.45, 7) is 1.32. The Morgan fingerprint density at radius 3 is 2.82 bits per heavy atom. The van der Waals surface area contributed by atoms with Crippen LogP contribution in [0, 0.1) is 5.92 Å². The monoisotopic (exact) mass is 335 g/mol. The average molecular weight is 335 g/mol. The van der Waals surface area contributed by atoms with Gasteiger partial charge in [0.25, 0.3) is 0 Å². The second-order valence-corrected chi connectivity index (χ2v) is 7.22. The van der Waals surface area contributed by atoms with Crippen molar-refractivity contribution in [3.63, 3.8) is 0 Å². The molecule has 1 aliphatic rings. The lowest BCUT2D eigenvalue weighted by Gasteiger charge is -2.20. The summed E-state index contributed by atoms with van der Waals surface area (Å²) in [6, 6.07) is 10.2. The first-order chi connectivity index (χ1) is 10.8. The second kappa shape index (κ2) is 7.71. The molecular formula is C15H17N3O2S2. The van der Waals surface area contributed by atoms with E-state index in [-0.39, 0.29) is 11.8 Å². The second-order valence-electron chi connectivity index (χ2n) is 5.02. The Bertz CT molecular complexity index is 612. The average Bonchev–Trinajstić information content (AvgIpc) is 3.02. The van der Waals surface area contributed by atoms with Crippen molar-refractivity contribution in [2.75, 3.05) is 18.5 Å². The molecule has 0 atom stereocenters. The van der Waals surface area contributed by atoms with Crippen LogP contribution in [0.25, 0.3) is 0 Å². The van der Waals surface area contributed by atoms with Gasteiger partial charge in [0.1, 0.15) is 0 Å². The summed E-state index contributed by atoms with van der Waals surface area (Å²) in [5.74, 6) is 0.903. The number of carbonyl (C=O) groups is 1. The third-order valence-corrected chi connectivity index (χ3v) is 5.48. The van der Waals surface area contributed by atoms with Gasteiger partial charge in [-0.2, -0.15) is 0 Å². The zero-order valence-electron chi connectivity index (χ0n) is 12.0. The van der Waals surface area contributed by atoms with E-state index >= 15 is 0 Å². The van der Waals surface area contributed by atoms with Crippen LogP contribution in [0.1, 0.15) is 18.4 Å². The van der Waals surface area contributed by atoms with Crippen LogP contribution in [-0.4, -0.2) is 29.3 Å². The maximum atomic E-state index is 12.1. The molecule has 1 aromatic heterocycles. The molecule has 0 aliphatic carbocycles. The molecule has 0 saturated carbocycles. The van der Waals surface area contributed by atoms with E-state index in [0.29, 0.717) is 18.3 Å². The lowest BCUT2D eigenvalue weighted by molar-refractivity contribution is -0.122. The van der Waals surface area contributed by atoms with Crippen molar-refractivity contribution < 1.29 is 9.53 Å². The summed E-state index contributed by atoms with van der Waals surface area (Å²) in [5, 5.41) is 11.6. The van der Waals surface area contributed by atoms with Crippen molar-refractivity contribution >= 4 is 34.1 Å². The third kappa shape index (κ3) is 4.28. The van der Waals surface area contributed by atoms with E-state index < -0.39 is 0 Å². The van der Waals surface area contributed by atoms with Gasteiger partial charge >= 0.3 is 0 Å². The Hall–Kier alpha value is -1.44. The molecule has 7 heteroatoms. The fourth-order valence-electron chi connectivity index (χ4n) is 2.21. The standard InChI is InChI=1S/C15H17N3O2S2/c19-13(12-6-8-20-9-7-12)16-14-17-18-15(22-14)21-10-11-4-2-1-3-5-11/h1-5,12H,6-10H2,(H,16,17,19). The maximum absolute atomic E-state index is 12.1. The predicted octanol–water partition coefficient (Wildman–Crippen LogP) is 3.20. The summed E-state index contributed by atoms with van der Waals surface area (Å²) >= 11 is 3.05. The largest absolute Gasteiger partial charge is 0.381 e. The van der Waals surface area contributed by atoms with Gasteiger partial charge in [0.2, 0.25) is 11.0 Å². The van der Waals surface area contributed by atoms with Crippen LogP contribution in [0.4, 0.5) is 5.13 Å². The molecule has 2 aromatic rings. The summed E-state index contributed by atoms with van der Waals surface area (Å²) < 4.78 is 6.14. The minimum absolute atomic E-state index is 0.0260. The van der Waals surface area contributed by atoms with E-state index in [2.05, 4.69) is 27.6 Å². The van der Waals surface area contributed by atoms with E-state index in [4.69, 9.17) is 4.74 Å². The first-order valence-corrected chi connectivity index (χ1v) is 9.00. The van der Waals surface area contributed by atoms with Crippen molar-refractivity contribution in [3.05, 3.63) is 35.9 Å². The highest BCUT2D eigenvalue weighted by molar-refractivity contribution is 8.00. The molecule has 1 saturated heterocycles. The molecule has 0 radical (unpaired) electrons. The van der Waals surface area contributed by atoms with Gasteiger partial charge in [0, 0.05) is 24.9 Å². The number of rotatable bonds is 5. The molecule has 1 amide bonds. The lowest BCUT2D eigenvalue weighted by Crippen LogP contribution is -2.28. The van der Waals surface area contributed by atoms with Gasteiger partial charge in [-0.1, -0.05) is 53.4 Å². The molecule has 22 heavy (non-hydrogen) atoms. The number of amides is 1. The Labute approximate surface area is 137 Å². The molecule has 1 aromatic carbocycles. The van der Waals surface area contributed by atoms with E-state index in [1.54, 1.807) is 11.8 Å². The number of carbonyl (C=O) groups excluding carboxylic acids is 1. The van der Waals surface area contributed by atoms with Gasteiger partial charge < -0.3 is 10.1 Å². The van der Waals surface area contributed by atoms with Crippen LogP contribution in [0.3, 0.4) is 0 Å². The van der Waals surface area contributed by atoms with Crippen LogP contribution in [-0.2, 0) is 15.3 Å². The Kier molecular flexibility index (Phi) is 5.42. The van der Waals surface area contributed by atoms with Crippen molar-refractivity contribution in [3.8, 4) is 0 Å². The number of hydrogen-bond donors (Lipinski definition) is 1. The topological polar surface area (TPSA) is 64.1 Å². The minimum atomic E-state index is 0.0260. The number of anilines is 1. The first-order valence-electron chi connectivity index (χ1n) is 7.20. The highest BCUT2D eigenvalue weighted by Crippen LogP contribution is 2.28. The smallest absolute Gasteiger partial charge is 0.229 e. The number of nitrogens with zero attached hydrogens (tertiary/aromatic N) is 2. The molecule has 0 spiro atoms. The van der Waals surface area contributed by atoms with E-state index in [1.165, 1.54) is 16.9 Å². The van der Waals surface area contributed by atoms with Crippen LogP contribution >= 0.6 is 23.1 Å². The van der Waals surface area contributed by atoms with Crippen molar-refractivity contribution in [1.29, 1.82) is 0 Å². The molecule has 1 N–H and O–H groups in total. The van der Waals surface area contributed by atoms with Crippen molar-refractivity contribution in [2.45, 2.75) is 22.9 Å². The number of aromatic nitrogens is 2. The Balaban J connectivity index is 1.51. The van der Waals surface area contributed by atoms with Gasteiger partial charge in [0.15, 0.2) is 4.34 Å². The van der Waals surface area contributed by atoms with Crippen molar-refractivity contribution in [2.24, 2.45) is 5.92 Å². The molecule has 3 rings (SSSR count). The maximum Gasteiger partial charge on any atom is 0.229 e. The van der Waals surface area contributed by atoms with Crippen LogP contribution in [0.2, 0.25) is 0 Å².